The number of benzene rings is 1. The van der Waals surface area contributed by atoms with E-state index in [0.29, 0.717) is 17.3 Å². The molecule has 24 heavy (non-hydrogen) atoms. The molecule has 0 bridgehead atoms. The van der Waals surface area contributed by atoms with Crippen LogP contribution in [0.5, 0.6) is 0 Å². The van der Waals surface area contributed by atoms with Crippen LogP contribution in [0, 0.1) is 0 Å². The minimum absolute atomic E-state index is 0.0775. The smallest absolute Gasteiger partial charge is 0.306 e. The molecule has 2 aromatic heterocycles. The second-order valence-electron chi connectivity index (χ2n) is 4.94. The monoisotopic (exact) mass is 342 g/mol. The van der Waals surface area contributed by atoms with Crippen molar-refractivity contribution in [2.45, 2.75) is 12.8 Å². The topological polar surface area (TPSA) is 82.3 Å². The number of aromatic nitrogens is 2. The fourth-order valence-corrected chi connectivity index (χ4v) is 2.65. The van der Waals surface area contributed by atoms with Gasteiger partial charge >= 0.3 is 5.97 Å². The molecule has 0 N–H and O–H groups in total. The molecule has 7 heteroatoms. The zero-order valence-electron chi connectivity index (χ0n) is 12.7. The molecular formula is C17H14N2O4S. The number of carbonyl (C=O) groups excluding carboxylic acids is 2. The highest BCUT2D eigenvalue weighted by atomic mass is 32.1. The maximum Gasteiger partial charge on any atom is 0.306 e. The summed E-state index contributed by atoms with van der Waals surface area (Å²) in [5, 5.41) is 5.79. The van der Waals surface area contributed by atoms with Crippen LogP contribution in [0.25, 0.3) is 10.7 Å². The summed E-state index contributed by atoms with van der Waals surface area (Å²) in [6.45, 7) is -0.271. The van der Waals surface area contributed by atoms with Crippen LogP contribution in [0.1, 0.15) is 22.7 Å². The fourth-order valence-electron chi connectivity index (χ4n) is 2.00. The van der Waals surface area contributed by atoms with Crippen molar-refractivity contribution in [2.24, 2.45) is 0 Å². The quantitative estimate of drug-likeness (QED) is 0.484. The second kappa shape index (κ2) is 7.65. The molecule has 1 aromatic carbocycles. The van der Waals surface area contributed by atoms with Gasteiger partial charge in [0.2, 0.25) is 11.7 Å². The third-order valence-electron chi connectivity index (χ3n) is 3.21. The molecule has 0 atom stereocenters. The van der Waals surface area contributed by atoms with E-state index in [4.69, 9.17) is 9.26 Å². The summed E-state index contributed by atoms with van der Waals surface area (Å²) < 4.78 is 10.1. The lowest BCUT2D eigenvalue weighted by atomic mass is 10.1. The third kappa shape index (κ3) is 4.14. The van der Waals surface area contributed by atoms with Gasteiger partial charge in [-0.2, -0.15) is 4.98 Å². The number of hydrogen-bond donors (Lipinski definition) is 0. The van der Waals surface area contributed by atoms with E-state index in [1.807, 2.05) is 23.6 Å². The Morgan fingerprint density at radius 3 is 2.71 bits per heavy atom. The van der Waals surface area contributed by atoms with E-state index in [2.05, 4.69) is 10.1 Å². The Kier molecular flexibility index (Phi) is 5.12. The lowest BCUT2D eigenvalue weighted by molar-refractivity contribution is -0.142. The van der Waals surface area contributed by atoms with Crippen molar-refractivity contribution in [1.29, 1.82) is 0 Å². The molecule has 0 amide bonds. The molecule has 0 radical (unpaired) electrons. The van der Waals surface area contributed by atoms with Gasteiger partial charge in [0, 0.05) is 12.0 Å². The van der Waals surface area contributed by atoms with Crippen LogP contribution in [0.3, 0.4) is 0 Å². The number of thiophene rings is 1. The lowest BCUT2D eigenvalue weighted by Gasteiger charge is -2.03. The van der Waals surface area contributed by atoms with E-state index >= 15 is 0 Å². The van der Waals surface area contributed by atoms with E-state index in [1.54, 1.807) is 24.3 Å². The molecule has 0 unspecified atom stereocenters. The number of nitrogens with zero attached hydrogens (tertiary/aromatic N) is 2. The molecule has 0 aliphatic heterocycles. The predicted molar refractivity (Wildman–Crippen MR) is 87.7 cm³/mol. The van der Waals surface area contributed by atoms with Gasteiger partial charge in [0.1, 0.15) is 0 Å². The van der Waals surface area contributed by atoms with Crippen molar-refractivity contribution in [3.8, 4) is 10.7 Å². The first-order valence-corrected chi connectivity index (χ1v) is 8.20. The zero-order valence-corrected chi connectivity index (χ0v) is 13.5. The van der Waals surface area contributed by atoms with Gasteiger partial charge in [0.15, 0.2) is 12.4 Å². The molecule has 2 heterocycles. The number of aryl methyl sites for hydroxylation is 1. The molecule has 0 saturated carbocycles. The summed E-state index contributed by atoms with van der Waals surface area (Å²) in [5.74, 6) is 0.161. The van der Waals surface area contributed by atoms with Gasteiger partial charge < -0.3 is 9.26 Å². The fraction of sp³-hybridized carbons (Fsp3) is 0.176. The van der Waals surface area contributed by atoms with Crippen molar-refractivity contribution in [3.05, 3.63) is 59.3 Å². The maximum atomic E-state index is 11.8. The first-order chi connectivity index (χ1) is 11.7. The summed E-state index contributed by atoms with van der Waals surface area (Å²) in [7, 11) is 0. The average molecular weight is 342 g/mol. The van der Waals surface area contributed by atoms with Crippen LogP contribution < -0.4 is 0 Å². The summed E-state index contributed by atoms with van der Waals surface area (Å²) >= 11 is 1.51. The standard InChI is InChI=1S/C17H14N2O4S/c20-13(12-5-2-1-3-6-12)11-22-16(21)9-8-15-18-17(19-23-15)14-7-4-10-24-14/h1-7,10H,8-9,11H2. The molecular weight excluding hydrogens is 328 g/mol. The Bertz CT molecular complexity index is 812. The van der Waals surface area contributed by atoms with Gasteiger partial charge in [0.05, 0.1) is 11.3 Å². The Hall–Kier alpha value is -2.80. The van der Waals surface area contributed by atoms with E-state index in [-0.39, 0.29) is 25.2 Å². The van der Waals surface area contributed by atoms with Gasteiger partial charge in [0.25, 0.3) is 0 Å². The van der Waals surface area contributed by atoms with Crippen molar-refractivity contribution in [2.75, 3.05) is 6.61 Å². The molecule has 3 rings (SSSR count). The van der Waals surface area contributed by atoms with Crippen molar-refractivity contribution >= 4 is 23.1 Å². The molecule has 0 fully saturated rings. The van der Waals surface area contributed by atoms with E-state index < -0.39 is 5.97 Å². The minimum Gasteiger partial charge on any atom is -0.457 e. The highest BCUT2D eigenvalue weighted by Crippen LogP contribution is 2.21. The van der Waals surface area contributed by atoms with Gasteiger partial charge in [-0.05, 0) is 11.4 Å². The van der Waals surface area contributed by atoms with Crippen LogP contribution >= 0.6 is 11.3 Å². The van der Waals surface area contributed by atoms with Crippen LogP contribution in [0.4, 0.5) is 0 Å². The normalized spacial score (nSPS) is 10.5. The molecule has 0 spiro atoms. The Labute approximate surface area is 142 Å². The van der Waals surface area contributed by atoms with E-state index in [1.165, 1.54) is 11.3 Å². The van der Waals surface area contributed by atoms with Gasteiger partial charge in [-0.25, -0.2) is 0 Å². The number of esters is 1. The van der Waals surface area contributed by atoms with Crippen LogP contribution in [0.2, 0.25) is 0 Å². The molecule has 6 nitrogen and oxygen atoms in total. The zero-order chi connectivity index (χ0) is 16.8. The third-order valence-corrected chi connectivity index (χ3v) is 4.08. The Morgan fingerprint density at radius 2 is 1.96 bits per heavy atom. The largest absolute Gasteiger partial charge is 0.457 e. The summed E-state index contributed by atoms with van der Waals surface area (Å²) in [6, 6.07) is 12.5. The molecule has 0 aliphatic carbocycles. The predicted octanol–water partition coefficient (Wildman–Crippen LogP) is 3.16. The number of ether oxygens (including phenoxy) is 1. The second-order valence-corrected chi connectivity index (χ2v) is 5.89. The average Bonchev–Trinajstić information content (AvgIpc) is 3.29. The first-order valence-electron chi connectivity index (χ1n) is 7.33. The molecule has 3 aromatic rings. The first kappa shape index (κ1) is 16.1. The van der Waals surface area contributed by atoms with Crippen molar-refractivity contribution < 1.29 is 18.8 Å². The van der Waals surface area contributed by atoms with Crippen LogP contribution in [-0.2, 0) is 16.0 Å². The number of rotatable bonds is 7. The Balaban J connectivity index is 1.45. The maximum absolute atomic E-state index is 11.8. The van der Waals surface area contributed by atoms with E-state index in [9.17, 15) is 9.59 Å². The van der Waals surface area contributed by atoms with Crippen LogP contribution in [-0.4, -0.2) is 28.5 Å². The summed E-state index contributed by atoms with van der Waals surface area (Å²) in [5.41, 5.74) is 0.516. The lowest BCUT2D eigenvalue weighted by Crippen LogP contribution is -2.14. The number of Topliss-reactive ketones (excluding diaryl/α,β-unsaturated/α-hetero) is 1. The highest BCUT2D eigenvalue weighted by molar-refractivity contribution is 7.13. The number of carbonyl (C=O) groups is 2. The Morgan fingerprint density at radius 1 is 1.12 bits per heavy atom. The minimum atomic E-state index is -0.477. The molecule has 0 saturated heterocycles. The number of hydrogen-bond acceptors (Lipinski definition) is 7. The van der Waals surface area contributed by atoms with Crippen LogP contribution in [0.15, 0.2) is 52.4 Å². The highest BCUT2D eigenvalue weighted by Gasteiger charge is 2.13. The van der Waals surface area contributed by atoms with Gasteiger partial charge in [-0.15, -0.1) is 11.3 Å². The summed E-state index contributed by atoms with van der Waals surface area (Å²) in [6.07, 6.45) is 0.352. The summed E-state index contributed by atoms with van der Waals surface area (Å²) in [4.78, 5) is 28.7. The number of ketones is 1. The van der Waals surface area contributed by atoms with Gasteiger partial charge in [-0.1, -0.05) is 41.6 Å². The van der Waals surface area contributed by atoms with Crippen molar-refractivity contribution in [1.82, 2.24) is 10.1 Å². The van der Waals surface area contributed by atoms with E-state index in [0.717, 1.165) is 4.88 Å². The SMILES string of the molecule is O=C(CCc1nc(-c2cccs2)no1)OCC(=O)c1ccccc1. The van der Waals surface area contributed by atoms with Crippen molar-refractivity contribution in [3.63, 3.8) is 0 Å². The molecule has 0 aliphatic rings. The van der Waals surface area contributed by atoms with Gasteiger partial charge in [-0.3, -0.25) is 9.59 Å². The molecule has 122 valence electrons.